The van der Waals surface area contributed by atoms with Crippen LogP contribution >= 0.6 is 0 Å². The number of para-hydroxylation sites is 2. The van der Waals surface area contributed by atoms with Crippen LogP contribution in [0.5, 0.6) is 0 Å². The minimum absolute atomic E-state index is 0.0717. The SMILES string of the molecule is Cc1ccccc1-n1ncc2c1NC(=O)C[C@]21C(=O)Nc2ccccc21. The standard InChI is InChI=1S/C20H16N4O2/c1-12-6-2-5-9-16(12)24-18-14(11-21-24)20(10-17(25)23-18)13-7-3-4-8-15(13)22-19(20)26/h2-9,11H,10H2,1H3,(H,22,26)(H,23,25)/t20-/m1/s1. The summed E-state index contributed by atoms with van der Waals surface area (Å²) in [6.07, 6.45) is 1.77. The van der Waals surface area contributed by atoms with Gasteiger partial charge in [-0.2, -0.15) is 5.10 Å². The van der Waals surface area contributed by atoms with Gasteiger partial charge in [-0.3, -0.25) is 9.59 Å². The van der Waals surface area contributed by atoms with Gasteiger partial charge in [0.2, 0.25) is 11.8 Å². The number of hydrogen-bond donors (Lipinski definition) is 2. The quantitative estimate of drug-likeness (QED) is 0.713. The molecule has 1 atom stereocenters. The predicted molar refractivity (Wildman–Crippen MR) is 97.4 cm³/mol. The van der Waals surface area contributed by atoms with Crippen molar-refractivity contribution in [1.82, 2.24) is 9.78 Å². The van der Waals surface area contributed by atoms with E-state index in [0.29, 0.717) is 5.82 Å². The molecule has 0 radical (unpaired) electrons. The average Bonchev–Trinajstić information content (AvgIpc) is 3.16. The summed E-state index contributed by atoms with van der Waals surface area (Å²) < 4.78 is 1.71. The first-order valence-electron chi connectivity index (χ1n) is 8.46. The zero-order chi connectivity index (χ0) is 17.9. The molecule has 2 aliphatic heterocycles. The van der Waals surface area contributed by atoms with Gasteiger partial charge in [-0.15, -0.1) is 0 Å². The molecule has 1 spiro atoms. The topological polar surface area (TPSA) is 76.0 Å². The van der Waals surface area contributed by atoms with Crippen LogP contribution in [0.3, 0.4) is 0 Å². The van der Waals surface area contributed by atoms with E-state index >= 15 is 0 Å². The second-order valence-corrected chi connectivity index (χ2v) is 6.74. The van der Waals surface area contributed by atoms with Crippen LogP contribution < -0.4 is 10.6 Å². The minimum atomic E-state index is -1.03. The number of carbonyl (C=O) groups excluding carboxylic acids is 2. The fourth-order valence-electron chi connectivity index (χ4n) is 4.04. The maximum absolute atomic E-state index is 13.0. The Balaban J connectivity index is 1.79. The largest absolute Gasteiger partial charge is 0.325 e. The van der Waals surface area contributed by atoms with Crippen molar-refractivity contribution in [1.29, 1.82) is 0 Å². The van der Waals surface area contributed by atoms with Gasteiger partial charge in [-0.25, -0.2) is 4.68 Å². The summed E-state index contributed by atoms with van der Waals surface area (Å²) in [6, 6.07) is 15.3. The van der Waals surface area contributed by atoms with Crippen molar-refractivity contribution in [3.63, 3.8) is 0 Å². The summed E-state index contributed by atoms with van der Waals surface area (Å²) in [4.78, 5) is 25.6. The van der Waals surface area contributed by atoms with E-state index < -0.39 is 5.41 Å². The Hall–Kier alpha value is -3.41. The monoisotopic (exact) mass is 344 g/mol. The smallest absolute Gasteiger partial charge is 0.240 e. The molecule has 0 unspecified atom stereocenters. The van der Waals surface area contributed by atoms with E-state index in [1.54, 1.807) is 10.9 Å². The van der Waals surface area contributed by atoms with Gasteiger partial charge in [0, 0.05) is 17.7 Å². The molecule has 0 saturated heterocycles. The molecule has 3 heterocycles. The van der Waals surface area contributed by atoms with Crippen LogP contribution in [0.2, 0.25) is 0 Å². The third-order valence-electron chi connectivity index (χ3n) is 5.28. The molecular formula is C20H16N4O2. The van der Waals surface area contributed by atoms with E-state index in [-0.39, 0.29) is 18.2 Å². The highest BCUT2D eigenvalue weighted by Gasteiger charge is 2.54. The molecular weight excluding hydrogens is 328 g/mol. The van der Waals surface area contributed by atoms with Crippen LogP contribution in [0.4, 0.5) is 11.5 Å². The number of amides is 2. The number of carbonyl (C=O) groups is 2. The van der Waals surface area contributed by atoms with Gasteiger partial charge in [0.25, 0.3) is 0 Å². The molecule has 2 aromatic carbocycles. The number of anilines is 2. The van der Waals surface area contributed by atoms with Crippen LogP contribution in [0.25, 0.3) is 5.69 Å². The lowest BCUT2D eigenvalue weighted by molar-refractivity contribution is -0.125. The van der Waals surface area contributed by atoms with Gasteiger partial charge in [-0.1, -0.05) is 36.4 Å². The summed E-state index contributed by atoms with van der Waals surface area (Å²) in [7, 11) is 0. The van der Waals surface area contributed by atoms with E-state index in [0.717, 1.165) is 28.1 Å². The molecule has 128 valence electrons. The van der Waals surface area contributed by atoms with Crippen molar-refractivity contribution in [2.75, 3.05) is 10.6 Å². The van der Waals surface area contributed by atoms with Crippen molar-refractivity contribution >= 4 is 23.3 Å². The fourth-order valence-corrected chi connectivity index (χ4v) is 4.04. The Labute approximate surface area is 149 Å². The normalized spacial score (nSPS) is 20.5. The molecule has 6 heteroatoms. The van der Waals surface area contributed by atoms with Crippen LogP contribution in [0.15, 0.2) is 54.7 Å². The summed E-state index contributed by atoms with van der Waals surface area (Å²) in [5.74, 6) is 0.182. The van der Waals surface area contributed by atoms with Crippen LogP contribution in [0, 0.1) is 6.92 Å². The van der Waals surface area contributed by atoms with Gasteiger partial charge >= 0.3 is 0 Å². The number of nitrogens with zero attached hydrogens (tertiary/aromatic N) is 2. The molecule has 3 aromatic rings. The Morgan fingerprint density at radius 2 is 1.77 bits per heavy atom. The lowest BCUT2D eigenvalue weighted by Gasteiger charge is -2.31. The first-order valence-corrected chi connectivity index (χ1v) is 8.46. The van der Waals surface area contributed by atoms with Gasteiger partial charge in [-0.05, 0) is 30.2 Å². The number of aromatic nitrogens is 2. The number of hydrogen-bond acceptors (Lipinski definition) is 3. The zero-order valence-electron chi connectivity index (χ0n) is 14.1. The molecule has 5 rings (SSSR count). The Morgan fingerprint density at radius 3 is 2.62 bits per heavy atom. The van der Waals surface area contributed by atoms with Crippen molar-refractivity contribution in [2.24, 2.45) is 0 Å². The first kappa shape index (κ1) is 14.9. The maximum Gasteiger partial charge on any atom is 0.240 e. The van der Waals surface area contributed by atoms with E-state index in [1.807, 2.05) is 55.5 Å². The van der Waals surface area contributed by atoms with E-state index in [1.165, 1.54) is 0 Å². The zero-order valence-corrected chi connectivity index (χ0v) is 14.1. The third-order valence-corrected chi connectivity index (χ3v) is 5.28. The van der Waals surface area contributed by atoms with Crippen molar-refractivity contribution in [3.05, 3.63) is 71.4 Å². The predicted octanol–water partition coefficient (Wildman–Crippen LogP) is 2.76. The highest BCUT2D eigenvalue weighted by molar-refractivity contribution is 6.14. The second-order valence-electron chi connectivity index (χ2n) is 6.74. The summed E-state index contributed by atoms with van der Waals surface area (Å²) in [5, 5.41) is 10.4. The number of fused-ring (bicyclic) bond motifs is 4. The number of nitrogens with one attached hydrogen (secondary N) is 2. The van der Waals surface area contributed by atoms with Crippen molar-refractivity contribution in [3.8, 4) is 5.69 Å². The lowest BCUT2D eigenvalue weighted by atomic mass is 9.72. The minimum Gasteiger partial charge on any atom is -0.325 e. The van der Waals surface area contributed by atoms with E-state index in [2.05, 4.69) is 15.7 Å². The van der Waals surface area contributed by atoms with Crippen molar-refractivity contribution < 1.29 is 9.59 Å². The molecule has 0 bridgehead atoms. The van der Waals surface area contributed by atoms with E-state index in [4.69, 9.17) is 0 Å². The first-order chi connectivity index (χ1) is 12.6. The lowest BCUT2D eigenvalue weighted by Crippen LogP contribution is -2.43. The molecule has 2 aliphatic rings. The Morgan fingerprint density at radius 1 is 1.00 bits per heavy atom. The summed E-state index contributed by atoms with van der Waals surface area (Å²) in [5.41, 5.74) is 3.17. The molecule has 26 heavy (non-hydrogen) atoms. The summed E-state index contributed by atoms with van der Waals surface area (Å²) in [6.45, 7) is 1.99. The van der Waals surface area contributed by atoms with E-state index in [9.17, 15) is 9.59 Å². The molecule has 6 nitrogen and oxygen atoms in total. The molecule has 0 saturated carbocycles. The van der Waals surface area contributed by atoms with Gasteiger partial charge in [0.05, 0.1) is 11.9 Å². The molecule has 0 fully saturated rings. The van der Waals surface area contributed by atoms with Crippen LogP contribution in [-0.2, 0) is 15.0 Å². The second kappa shape index (κ2) is 5.05. The van der Waals surface area contributed by atoms with Crippen molar-refractivity contribution in [2.45, 2.75) is 18.8 Å². The number of rotatable bonds is 1. The van der Waals surface area contributed by atoms with Gasteiger partial charge in [0.15, 0.2) is 0 Å². The molecule has 1 aromatic heterocycles. The fraction of sp³-hybridized carbons (Fsp3) is 0.150. The van der Waals surface area contributed by atoms with Gasteiger partial charge in [0.1, 0.15) is 11.2 Å². The highest BCUT2D eigenvalue weighted by atomic mass is 16.2. The molecule has 0 aliphatic carbocycles. The Bertz CT molecular complexity index is 1080. The number of benzene rings is 2. The average molecular weight is 344 g/mol. The maximum atomic E-state index is 13.0. The Kier molecular flexibility index (Phi) is 2.89. The summed E-state index contributed by atoms with van der Waals surface area (Å²) >= 11 is 0. The van der Waals surface area contributed by atoms with Crippen LogP contribution in [0.1, 0.15) is 23.1 Å². The molecule has 2 N–H and O–H groups in total. The van der Waals surface area contributed by atoms with Gasteiger partial charge < -0.3 is 10.6 Å². The molecule has 2 amide bonds. The highest BCUT2D eigenvalue weighted by Crippen LogP contribution is 2.50. The van der Waals surface area contributed by atoms with Crippen LogP contribution in [-0.4, -0.2) is 21.6 Å². The third kappa shape index (κ3) is 1.78. The number of aryl methyl sites for hydroxylation is 1.